The predicted molar refractivity (Wildman–Crippen MR) is 52.3 cm³/mol. The maximum atomic E-state index is 11.0. The molecule has 2 N–H and O–H groups in total. The number of ether oxygens (including phenoxy) is 1. The van der Waals surface area contributed by atoms with Gasteiger partial charge in [-0.1, -0.05) is 21.1 Å². The largest absolute Gasteiger partial charge is 0.452 e. The molecule has 11 heavy (non-hydrogen) atoms. The van der Waals surface area contributed by atoms with Crippen molar-refractivity contribution in [2.45, 2.75) is 26.4 Å². The summed E-state index contributed by atoms with van der Waals surface area (Å²) in [7, 11) is -2.20. The number of rotatable bonds is 0. The minimum absolute atomic E-state index is 0.509. The molecule has 0 atom stereocenters. The molecule has 4 heteroatoms. The molecule has 0 aliphatic rings. The fraction of sp³-hybridized carbons (Fsp3) is 0.571. The minimum Gasteiger partial charge on any atom is -0.452 e. The maximum absolute atomic E-state index is 11.0. The molecular formula is C7H15NO2S. The van der Waals surface area contributed by atoms with Gasteiger partial charge in [0.05, 0.1) is 0 Å². The van der Waals surface area contributed by atoms with E-state index in [-0.39, 0.29) is 0 Å². The van der Waals surface area contributed by atoms with Gasteiger partial charge in [-0.2, -0.15) is 0 Å². The highest BCUT2D eigenvalue weighted by Gasteiger charge is 2.17. The summed E-state index contributed by atoms with van der Waals surface area (Å²) in [4.78, 5) is 11.0. The lowest BCUT2D eigenvalue weighted by atomic mass is 10.2. The quantitative estimate of drug-likeness (QED) is 0.450. The van der Waals surface area contributed by atoms with E-state index in [0.29, 0.717) is 0 Å². The first-order valence-corrected chi connectivity index (χ1v) is 5.16. The van der Waals surface area contributed by atoms with Gasteiger partial charge in [0.15, 0.2) is 0 Å². The Morgan fingerprint density at radius 2 is 1.82 bits per heavy atom. The second-order valence-electron chi connectivity index (χ2n) is 3.41. The lowest BCUT2D eigenvalue weighted by Gasteiger charge is -2.21. The molecule has 0 aliphatic carbocycles. The second-order valence-corrected chi connectivity index (χ2v) is 5.63. The van der Waals surface area contributed by atoms with Gasteiger partial charge >= 0.3 is 5.30 Å². The number of carbonyl (C=O) groups is 1. The zero-order valence-electron chi connectivity index (χ0n) is 7.22. The normalized spacial score (nSPS) is 12.7. The van der Waals surface area contributed by atoms with Crippen molar-refractivity contribution in [2.24, 2.45) is 5.14 Å². The van der Waals surface area contributed by atoms with E-state index in [9.17, 15) is 4.79 Å². The molecule has 0 fully saturated rings. The molecule has 0 aliphatic heterocycles. The standard InChI is InChI=1S/C7H15NO2S/c1-7(2,3)10-6(9)11(4,5)8/h4-5,8H2,1-3H3. The molecule has 0 heterocycles. The van der Waals surface area contributed by atoms with Gasteiger partial charge in [0.25, 0.3) is 0 Å². The van der Waals surface area contributed by atoms with Crippen LogP contribution < -0.4 is 5.14 Å². The summed E-state index contributed by atoms with van der Waals surface area (Å²) in [6.07, 6.45) is 0. The van der Waals surface area contributed by atoms with Gasteiger partial charge in [0, 0.05) is 0 Å². The fourth-order valence-electron chi connectivity index (χ4n) is 0.333. The SMILES string of the molecule is C=S(=C)(N)C(=O)OC(C)(C)C. The Hall–Kier alpha value is -0.480. The van der Waals surface area contributed by atoms with Crippen LogP contribution in [-0.4, -0.2) is 22.6 Å². The molecule has 0 saturated carbocycles. The Morgan fingerprint density at radius 1 is 1.45 bits per heavy atom. The second kappa shape index (κ2) is 2.87. The van der Waals surface area contributed by atoms with Crippen LogP contribution in [0.2, 0.25) is 0 Å². The van der Waals surface area contributed by atoms with Crippen LogP contribution in [0.15, 0.2) is 0 Å². The van der Waals surface area contributed by atoms with E-state index in [4.69, 9.17) is 9.88 Å². The molecule has 0 aromatic heterocycles. The molecule has 66 valence electrons. The lowest BCUT2D eigenvalue weighted by molar-refractivity contribution is 0.0736. The number of carbonyl (C=O) groups excluding carboxylic acids is 1. The first kappa shape index (κ1) is 10.5. The van der Waals surface area contributed by atoms with Gasteiger partial charge in [-0.15, -0.1) is 0 Å². The van der Waals surface area contributed by atoms with Gasteiger partial charge in [0.2, 0.25) is 0 Å². The van der Waals surface area contributed by atoms with Crippen molar-refractivity contribution in [1.29, 1.82) is 0 Å². The van der Waals surface area contributed by atoms with E-state index < -0.39 is 20.3 Å². The van der Waals surface area contributed by atoms with Crippen LogP contribution in [0.5, 0.6) is 0 Å². The molecule has 0 aromatic carbocycles. The van der Waals surface area contributed by atoms with E-state index in [1.54, 1.807) is 20.8 Å². The molecule has 0 radical (unpaired) electrons. The zero-order chi connectivity index (χ0) is 9.28. The van der Waals surface area contributed by atoms with Crippen LogP contribution in [0.25, 0.3) is 0 Å². The van der Waals surface area contributed by atoms with Crippen molar-refractivity contribution in [3.63, 3.8) is 0 Å². The highest BCUT2D eigenvalue weighted by Crippen LogP contribution is 2.17. The molecule has 0 spiro atoms. The molecule has 0 saturated heterocycles. The van der Waals surface area contributed by atoms with Crippen LogP contribution >= 0.6 is 9.39 Å². The van der Waals surface area contributed by atoms with Crippen molar-refractivity contribution in [1.82, 2.24) is 0 Å². The number of hydrogen-bond donors (Lipinski definition) is 1. The first-order chi connectivity index (χ1) is 4.63. The average Bonchev–Trinajstić information content (AvgIpc) is 1.56. The molecule has 0 amide bonds. The third-order valence-corrected chi connectivity index (χ3v) is 1.47. The van der Waals surface area contributed by atoms with E-state index in [0.717, 1.165) is 0 Å². The summed E-state index contributed by atoms with van der Waals surface area (Å²) < 4.78 is 4.95. The molecular weight excluding hydrogens is 162 g/mol. The van der Waals surface area contributed by atoms with E-state index >= 15 is 0 Å². The van der Waals surface area contributed by atoms with Gasteiger partial charge in [0.1, 0.15) is 5.60 Å². The first-order valence-electron chi connectivity index (χ1n) is 3.13. The maximum Gasteiger partial charge on any atom is 0.368 e. The van der Waals surface area contributed by atoms with Crippen LogP contribution in [0.3, 0.4) is 0 Å². The Balaban J connectivity index is 4.35. The summed E-state index contributed by atoms with van der Waals surface area (Å²) in [6, 6.07) is 0. The number of hydrogen-bond acceptors (Lipinski definition) is 3. The average molecular weight is 177 g/mol. The molecule has 0 unspecified atom stereocenters. The van der Waals surface area contributed by atoms with E-state index in [2.05, 4.69) is 11.7 Å². The Kier molecular flexibility index (Phi) is 2.74. The van der Waals surface area contributed by atoms with Crippen molar-refractivity contribution in [3.05, 3.63) is 0 Å². The minimum atomic E-state index is -2.20. The third kappa shape index (κ3) is 4.86. The lowest BCUT2D eigenvalue weighted by Crippen LogP contribution is -2.24. The van der Waals surface area contributed by atoms with Gasteiger partial charge in [-0.25, -0.2) is 4.79 Å². The topological polar surface area (TPSA) is 52.3 Å². The highest BCUT2D eigenvalue weighted by atomic mass is 32.2. The summed E-state index contributed by atoms with van der Waals surface area (Å²) in [5.74, 6) is 6.86. The summed E-state index contributed by atoms with van der Waals surface area (Å²) >= 11 is 0. The van der Waals surface area contributed by atoms with E-state index in [1.165, 1.54) is 0 Å². The van der Waals surface area contributed by atoms with Crippen LogP contribution in [0.1, 0.15) is 20.8 Å². The Labute approximate surface area is 68.1 Å². The third-order valence-electron chi connectivity index (χ3n) is 0.721. The van der Waals surface area contributed by atoms with Gasteiger partial charge < -0.3 is 4.74 Å². The van der Waals surface area contributed by atoms with Crippen LogP contribution in [0, 0.1) is 0 Å². The van der Waals surface area contributed by atoms with Crippen molar-refractivity contribution in [3.8, 4) is 0 Å². The van der Waals surface area contributed by atoms with Gasteiger partial charge in [-0.3, -0.25) is 5.14 Å². The Bertz CT molecular complexity index is 246. The summed E-state index contributed by atoms with van der Waals surface area (Å²) in [6.45, 7) is 5.32. The van der Waals surface area contributed by atoms with Crippen molar-refractivity contribution < 1.29 is 9.53 Å². The monoisotopic (exact) mass is 177 g/mol. The molecule has 0 rings (SSSR count). The fourth-order valence-corrected chi connectivity index (χ4v) is 0.749. The summed E-state index contributed by atoms with van der Waals surface area (Å²) in [5.41, 5.74) is -0.510. The van der Waals surface area contributed by atoms with Crippen LogP contribution in [-0.2, 0) is 4.74 Å². The predicted octanol–water partition coefficient (Wildman–Crippen LogP) is 1.46. The van der Waals surface area contributed by atoms with Crippen LogP contribution in [0.4, 0.5) is 4.79 Å². The molecule has 0 aromatic rings. The van der Waals surface area contributed by atoms with Crippen molar-refractivity contribution >= 4 is 26.4 Å². The number of nitrogens with two attached hydrogens (primary N) is 1. The molecule has 0 bridgehead atoms. The van der Waals surface area contributed by atoms with Crippen molar-refractivity contribution in [2.75, 3.05) is 0 Å². The molecule has 3 nitrogen and oxygen atoms in total. The van der Waals surface area contributed by atoms with E-state index in [1.807, 2.05) is 0 Å². The summed E-state index contributed by atoms with van der Waals surface area (Å²) in [5, 5.41) is 4.86. The highest BCUT2D eigenvalue weighted by molar-refractivity contribution is 8.37. The smallest absolute Gasteiger partial charge is 0.368 e. The zero-order valence-corrected chi connectivity index (χ0v) is 8.03. The Morgan fingerprint density at radius 3 is 1.91 bits per heavy atom. The van der Waals surface area contributed by atoms with Gasteiger partial charge in [-0.05, 0) is 20.8 Å².